The van der Waals surface area contributed by atoms with Crippen molar-refractivity contribution in [2.24, 2.45) is 0 Å². The fourth-order valence-corrected chi connectivity index (χ4v) is 3.63. The standard InChI is InChI=1S/C24H23NO5/c1-14-5-6-18(9-15(14)2)24(27)28-12-21(26)20-10-16(3)25(17(20)4)19-7-8-22-23(11-19)30-13-29-22/h5-11H,12-13H2,1-4H3. The summed E-state index contributed by atoms with van der Waals surface area (Å²) in [7, 11) is 0. The second-order valence-electron chi connectivity index (χ2n) is 7.46. The predicted octanol–water partition coefficient (Wildman–Crippen LogP) is 4.48. The summed E-state index contributed by atoms with van der Waals surface area (Å²) in [6.45, 7) is 7.60. The van der Waals surface area contributed by atoms with Crippen LogP contribution in [0.25, 0.3) is 5.69 Å². The van der Waals surface area contributed by atoms with Gasteiger partial charge in [-0.1, -0.05) is 6.07 Å². The van der Waals surface area contributed by atoms with Crippen LogP contribution < -0.4 is 9.47 Å². The molecular weight excluding hydrogens is 382 g/mol. The Hall–Kier alpha value is -3.54. The lowest BCUT2D eigenvalue weighted by atomic mass is 10.1. The Morgan fingerprint density at radius 2 is 1.70 bits per heavy atom. The van der Waals surface area contributed by atoms with Crippen molar-refractivity contribution in [1.29, 1.82) is 0 Å². The van der Waals surface area contributed by atoms with Crippen LogP contribution in [0.5, 0.6) is 11.5 Å². The van der Waals surface area contributed by atoms with E-state index in [0.29, 0.717) is 22.6 Å². The minimum atomic E-state index is -0.504. The maximum atomic E-state index is 12.8. The molecule has 2 aromatic carbocycles. The lowest BCUT2D eigenvalue weighted by Gasteiger charge is -2.11. The second kappa shape index (κ2) is 7.71. The molecular formula is C24H23NO5. The van der Waals surface area contributed by atoms with Gasteiger partial charge in [0, 0.05) is 28.7 Å². The van der Waals surface area contributed by atoms with Crippen LogP contribution in [-0.4, -0.2) is 29.7 Å². The van der Waals surface area contributed by atoms with Crippen molar-refractivity contribution in [1.82, 2.24) is 4.57 Å². The average Bonchev–Trinajstić information content (AvgIpc) is 3.31. The van der Waals surface area contributed by atoms with Gasteiger partial charge in [0.15, 0.2) is 18.1 Å². The number of ether oxygens (including phenoxy) is 3. The van der Waals surface area contributed by atoms with Gasteiger partial charge in [-0.3, -0.25) is 4.79 Å². The third-order valence-electron chi connectivity index (χ3n) is 5.42. The molecule has 2 heterocycles. The summed E-state index contributed by atoms with van der Waals surface area (Å²) < 4.78 is 18.1. The van der Waals surface area contributed by atoms with Crippen LogP contribution in [-0.2, 0) is 4.74 Å². The number of hydrogen-bond acceptors (Lipinski definition) is 5. The number of aryl methyl sites for hydroxylation is 3. The number of Topliss-reactive ketones (excluding diaryl/α,β-unsaturated/α-hetero) is 1. The number of nitrogens with zero attached hydrogens (tertiary/aromatic N) is 1. The molecule has 6 heteroatoms. The normalized spacial score (nSPS) is 12.1. The number of aromatic nitrogens is 1. The summed E-state index contributed by atoms with van der Waals surface area (Å²) in [5.41, 5.74) is 5.62. The highest BCUT2D eigenvalue weighted by molar-refractivity contribution is 6.00. The first kappa shape index (κ1) is 19.8. The molecule has 1 aliphatic heterocycles. The molecule has 6 nitrogen and oxygen atoms in total. The lowest BCUT2D eigenvalue weighted by molar-refractivity contribution is 0.0474. The number of carbonyl (C=O) groups excluding carboxylic acids is 2. The van der Waals surface area contributed by atoms with Crippen molar-refractivity contribution in [2.75, 3.05) is 13.4 Å². The lowest BCUT2D eigenvalue weighted by Crippen LogP contribution is -2.15. The van der Waals surface area contributed by atoms with E-state index in [1.165, 1.54) is 0 Å². The van der Waals surface area contributed by atoms with Gasteiger partial charge in [0.2, 0.25) is 12.6 Å². The average molecular weight is 405 g/mol. The number of fused-ring (bicyclic) bond motifs is 1. The molecule has 30 heavy (non-hydrogen) atoms. The van der Waals surface area contributed by atoms with Crippen LogP contribution in [0.4, 0.5) is 0 Å². The van der Waals surface area contributed by atoms with E-state index >= 15 is 0 Å². The Balaban J connectivity index is 1.52. The fraction of sp³-hybridized carbons (Fsp3) is 0.250. The van der Waals surface area contributed by atoms with E-state index in [4.69, 9.17) is 14.2 Å². The van der Waals surface area contributed by atoms with Gasteiger partial charge in [0.25, 0.3) is 0 Å². The number of ketones is 1. The summed E-state index contributed by atoms with van der Waals surface area (Å²) in [6.07, 6.45) is 0. The highest BCUT2D eigenvalue weighted by atomic mass is 16.7. The van der Waals surface area contributed by atoms with Crippen molar-refractivity contribution >= 4 is 11.8 Å². The minimum Gasteiger partial charge on any atom is -0.454 e. The summed E-state index contributed by atoms with van der Waals surface area (Å²) in [6, 6.07) is 12.8. The summed E-state index contributed by atoms with van der Waals surface area (Å²) >= 11 is 0. The van der Waals surface area contributed by atoms with Gasteiger partial charge in [-0.25, -0.2) is 4.79 Å². The van der Waals surface area contributed by atoms with E-state index in [1.807, 2.05) is 62.6 Å². The molecule has 3 aromatic rings. The molecule has 0 amide bonds. The highest BCUT2D eigenvalue weighted by Crippen LogP contribution is 2.35. The van der Waals surface area contributed by atoms with Gasteiger partial charge in [-0.05, 0) is 69.2 Å². The molecule has 4 rings (SSSR count). The fourth-order valence-electron chi connectivity index (χ4n) is 3.63. The van der Waals surface area contributed by atoms with Gasteiger partial charge in [0.1, 0.15) is 0 Å². The smallest absolute Gasteiger partial charge is 0.338 e. The van der Waals surface area contributed by atoms with Crippen LogP contribution >= 0.6 is 0 Å². The third-order valence-corrected chi connectivity index (χ3v) is 5.42. The molecule has 0 bridgehead atoms. The van der Waals surface area contributed by atoms with Crippen molar-refractivity contribution in [2.45, 2.75) is 27.7 Å². The van der Waals surface area contributed by atoms with Crippen LogP contribution in [0, 0.1) is 27.7 Å². The molecule has 0 spiro atoms. The number of benzene rings is 2. The maximum Gasteiger partial charge on any atom is 0.338 e. The Morgan fingerprint density at radius 1 is 0.933 bits per heavy atom. The van der Waals surface area contributed by atoms with E-state index in [9.17, 15) is 9.59 Å². The molecule has 1 aromatic heterocycles. The van der Waals surface area contributed by atoms with Crippen molar-refractivity contribution in [3.8, 4) is 17.2 Å². The highest BCUT2D eigenvalue weighted by Gasteiger charge is 2.20. The molecule has 0 aliphatic carbocycles. The molecule has 154 valence electrons. The molecule has 0 saturated heterocycles. The Labute approximate surface area is 175 Å². The molecule has 0 radical (unpaired) electrons. The Bertz CT molecular complexity index is 1160. The summed E-state index contributed by atoms with van der Waals surface area (Å²) in [5.74, 6) is 0.634. The van der Waals surface area contributed by atoms with E-state index in [1.54, 1.807) is 12.1 Å². The molecule has 0 fully saturated rings. The SMILES string of the molecule is Cc1ccc(C(=O)OCC(=O)c2cc(C)n(-c3ccc4c(c3)OCO4)c2C)cc1C. The Morgan fingerprint density at radius 3 is 2.47 bits per heavy atom. The summed E-state index contributed by atoms with van der Waals surface area (Å²) in [4.78, 5) is 25.1. The number of esters is 1. The van der Waals surface area contributed by atoms with Crippen molar-refractivity contribution in [3.63, 3.8) is 0 Å². The molecule has 0 N–H and O–H groups in total. The largest absolute Gasteiger partial charge is 0.454 e. The van der Waals surface area contributed by atoms with E-state index in [-0.39, 0.29) is 19.2 Å². The van der Waals surface area contributed by atoms with Crippen molar-refractivity contribution < 1.29 is 23.8 Å². The number of carbonyl (C=O) groups is 2. The zero-order valence-corrected chi connectivity index (χ0v) is 17.4. The van der Waals surface area contributed by atoms with Crippen LogP contribution in [0.2, 0.25) is 0 Å². The zero-order chi connectivity index (χ0) is 21.4. The van der Waals surface area contributed by atoms with Gasteiger partial charge < -0.3 is 18.8 Å². The van der Waals surface area contributed by atoms with Crippen LogP contribution in [0.1, 0.15) is 43.2 Å². The Kier molecular flexibility index (Phi) is 5.08. The quantitative estimate of drug-likeness (QED) is 0.463. The first-order valence-corrected chi connectivity index (χ1v) is 9.71. The molecule has 1 aliphatic rings. The monoisotopic (exact) mass is 405 g/mol. The molecule has 0 atom stereocenters. The molecule has 0 unspecified atom stereocenters. The van der Waals surface area contributed by atoms with Gasteiger partial charge in [0.05, 0.1) is 5.56 Å². The van der Waals surface area contributed by atoms with Gasteiger partial charge in [-0.2, -0.15) is 0 Å². The van der Waals surface area contributed by atoms with Crippen molar-refractivity contribution in [3.05, 3.63) is 76.1 Å². The summed E-state index contributed by atoms with van der Waals surface area (Å²) in [5, 5.41) is 0. The topological polar surface area (TPSA) is 66.8 Å². The number of hydrogen-bond donors (Lipinski definition) is 0. The van der Waals surface area contributed by atoms with E-state index in [0.717, 1.165) is 28.2 Å². The maximum absolute atomic E-state index is 12.8. The second-order valence-corrected chi connectivity index (χ2v) is 7.46. The van der Waals surface area contributed by atoms with Crippen LogP contribution in [0.15, 0.2) is 42.5 Å². The number of rotatable bonds is 5. The predicted molar refractivity (Wildman–Crippen MR) is 112 cm³/mol. The van der Waals surface area contributed by atoms with Gasteiger partial charge in [-0.15, -0.1) is 0 Å². The van der Waals surface area contributed by atoms with E-state index < -0.39 is 5.97 Å². The minimum absolute atomic E-state index is 0.206. The van der Waals surface area contributed by atoms with Crippen LogP contribution in [0.3, 0.4) is 0 Å². The zero-order valence-electron chi connectivity index (χ0n) is 17.4. The van der Waals surface area contributed by atoms with Gasteiger partial charge >= 0.3 is 5.97 Å². The van der Waals surface area contributed by atoms with E-state index in [2.05, 4.69) is 0 Å². The first-order chi connectivity index (χ1) is 14.3. The third kappa shape index (κ3) is 3.56. The molecule has 0 saturated carbocycles. The first-order valence-electron chi connectivity index (χ1n) is 9.71.